The van der Waals surface area contributed by atoms with Crippen LogP contribution in [0, 0.1) is 11.8 Å². The van der Waals surface area contributed by atoms with Gasteiger partial charge in [0, 0.05) is 29.8 Å². The molecule has 0 radical (unpaired) electrons. The van der Waals surface area contributed by atoms with E-state index in [1.165, 1.54) is 0 Å². The number of hydrogen-bond donors (Lipinski definition) is 1. The van der Waals surface area contributed by atoms with E-state index in [2.05, 4.69) is 29.1 Å². The van der Waals surface area contributed by atoms with Crippen LogP contribution in [0.5, 0.6) is 17.2 Å². The average Bonchev–Trinajstić information content (AvgIpc) is 3.22. The summed E-state index contributed by atoms with van der Waals surface area (Å²) >= 11 is 3.35. The van der Waals surface area contributed by atoms with E-state index in [0.717, 1.165) is 45.3 Å². The van der Waals surface area contributed by atoms with Gasteiger partial charge in [-0.1, -0.05) is 24.8 Å². The van der Waals surface area contributed by atoms with Crippen molar-refractivity contribution in [2.24, 2.45) is 0 Å². The molecule has 0 saturated heterocycles. The van der Waals surface area contributed by atoms with Crippen molar-refractivity contribution in [2.45, 2.75) is 36.9 Å². The van der Waals surface area contributed by atoms with Crippen LogP contribution in [-0.4, -0.2) is 38.0 Å². The number of carbonyl (C=O) groups is 1. The summed E-state index contributed by atoms with van der Waals surface area (Å²) in [6.07, 6.45) is 3.06. The van der Waals surface area contributed by atoms with Crippen LogP contribution in [0.15, 0.2) is 34.7 Å². The zero-order valence-corrected chi connectivity index (χ0v) is 21.0. The summed E-state index contributed by atoms with van der Waals surface area (Å²) in [5, 5.41) is 2.97. The van der Waals surface area contributed by atoms with Crippen molar-refractivity contribution in [2.75, 3.05) is 32.4 Å². The minimum atomic E-state index is -0.148. The van der Waals surface area contributed by atoms with Gasteiger partial charge in [0.25, 0.3) is 0 Å². The Kier molecular flexibility index (Phi) is 9.28. The van der Waals surface area contributed by atoms with Crippen molar-refractivity contribution in [1.29, 1.82) is 0 Å². The van der Waals surface area contributed by atoms with Crippen molar-refractivity contribution < 1.29 is 19.0 Å². The monoisotopic (exact) mass is 484 g/mol. The number of rotatable bonds is 10. The van der Waals surface area contributed by atoms with Gasteiger partial charge >= 0.3 is 0 Å². The van der Waals surface area contributed by atoms with Gasteiger partial charge in [-0.05, 0) is 30.7 Å². The molecule has 0 unspecified atom stereocenters. The Balaban J connectivity index is 1.65. The molecular weight excluding hydrogens is 456 g/mol. The van der Waals surface area contributed by atoms with E-state index < -0.39 is 0 Å². The Morgan fingerprint density at radius 3 is 2.58 bits per heavy atom. The Bertz CT molecular complexity index is 1160. The molecular formula is C25H28N2O4S2. The Morgan fingerprint density at radius 2 is 1.85 bits per heavy atom. The van der Waals surface area contributed by atoms with Gasteiger partial charge in [-0.2, -0.15) is 0 Å². The summed E-state index contributed by atoms with van der Waals surface area (Å²) in [6.45, 7) is 2.13. The van der Waals surface area contributed by atoms with E-state index >= 15 is 0 Å². The van der Waals surface area contributed by atoms with Crippen LogP contribution < -0.4 is 19.5 Å². The maximum absolute atomic E-state index is 12.7. The number of benzene rings is 2. The van der Waals surface area contributed by atoms with E-state index in [1.807, 2.05) is 24.3 Å². The number of methoxy groups -OCH3 is 3. The summed E-state index contributed by atoms with van der Waals surface area (Å²) < 4.78 is 18.2. The number of hydrogen-bond acceptors (Lipinski definition) is 7. The summed E-state index contributed by atoms with van der Waals surface area (Å²) in [7, 11) is 4.65. The summed E-state index contributed by atoms with van der Waals surface area (Å²) in [5.74, 6) is 8.65. The second-order valence-corrected chi connectivity index (χ2v) is 9.46. The highest BCUT2D eigenvalue weighted by molar-refractivity contribution is 8.01. The lowest BCUT2D eigenvalue weighted by atomic mass is 10.1. The molecule has 0 aliphatic carbocycles. The summed E-state index contributed by atoms with van der Waals surface area (Å²) in [4.78, 5) is 17.4. The quantitative estimate of drug-likeness (QED) is 0.223. The van der Waals surface area contributed by atoms with Gasteiger partial charge in [-0.15, -0.1) is 23.2 Å². The van der Waals surface area contributed by atoms with E-state index in [0.29, 0.717) is 22.8 Å². The van der Waals surface area contributed by atoms with Crippen molar-refractivity contribution in [3.63, 3.8) is 0 Å². The molecule has 0 bridgehead atoms. The van der Waals surface area contributed by atoms with Gasteiger partial charge in [0.1, 0.15) is 0 Å². The third-order valence-corrected chi connectivity index (χ3v) is 6.90. The predicted molar refractivity (Wildman–Crippen MR) is 136 cm³/mol. The van der Waals surface area contributed by atoms with Gasteiger partial charge in [0.2, 0.25) is 11.7 Å². The lowest BCUT2D eigenvalue weighted by molar-refractivity contribution is -0.115. The van der Waals surface area contributed by atoms with Gasteiger partial charge in [0.05, 0.1) is 38.0 Å². The standard InChI is InChI=1S/C25H28N2O4S2/c1-5-6-7-8-9-14-32-25-27-19-12-11-18(16-21(19)33-25)26-22(28)15-17-10-13-20(29-2)24(31-4)23(17)30-3/h10-13,16H,5-6,9,14-15H2,1-4H3,(H,26,28). The lowest BCUT2D eigenvalue weighted by Gasteiger charge is -2.15. The van der Waals surface area contributed by atoms with E-state index in [4.69, 9.17) is 14.2 Å². The normalized spacial score (nSPS) is 10.4. The van der Waals surface area contributed by atoms with Crippen LogP contribution in [0.4, 0.5) is 5.69 Å². The van der Waals surface area contributed by atoms with E-state index in [-0.39, 0.29) is 12.3 Å². The van der Waals surface area contributed by atoms with Crippen molar-refractivity contribution in [3.05, 3.63) is 35.9 Å². The molecule has 33 heavy (non-hydrogen) atoms. The van der Waals surface area contributed by atoms with Gasteiger partial charge in [0.15, 0.2) is 15.8 Å². The van der Waals surface area contributed by atoms with Crippen LogP contribution in [0.1, 0.15) is 31.7 Å². The first-order valence-corrected chi connectivity index (χ1v) is 12.5. The van der Waals surface area contributed by atoms with Crippen LogP contribution in [0.25, 0.3) is 10.2 Å². The Hall–Kier alpha value is -2.89. The maximum atomic E-state index is 12.7. The number of anilines is 1. The average molecular weight is 485 g/mol. The van der Waals surface area contributed by atoms with Crippen LogP contribution >= 0.6 is 23.1 Å². The fraction of sp³-hybridized carbons (Fsp3) is 0.360. The SMILES string of the molecule is CCCC#CCCSc1nc2ccc(NC(=O)Cc3ccc(OC)c(OC)c3OC)cc2s1. The molecule has 1 N–H and O–H groups in total. The number of nitrogens with zero attached hydrogens (tertiary/aromatic N) is 1. The highest BCUT2D eigenvalue weighted by Gasteiger charge is 2.18. The minimum Gasteiger partial charge on any atom is -0.493 e. The number of carbonyl (C=O) groups excluding carboxylic acids is 1. The van der Waals surface area contributed by atoms with E-state index in [9.17, 15) is 4.79 Å². The number of unbranched alkanes of at least 4 members (excludes halogenated alkanes) is 1. The van der Waals surface area contributed by atoms with Crippen molar-refractivity contribution in [1.82, 2.24) is 4.98 Å². The first-order chi connectivity index (χ1) is 16.1. The number of nitrogens with one attached hydrogen (secondary N) is 1. The zero-order chi connectivity index (χ0) is 23.6. The molecule has 1 heterocycles. The third-order valence-electron chi connectivity index (χ3n) is 4.74. The van der Waals surface area contributed by atoms with Gasteiger partial charge in [-0.3, -0.25) is 4.79 Å². The minimum absolute atomic E-state index is 0.143. The summed E-state index contributed by atoms with van der Waals surface area (Å²) in [5.41, 5.74) is 2.38. The second-order valence-electron chi connectivity index (χ2n) is 7.08. The predicted octanol–water partition coefficient (Wildman–Crippen LogP) is 5.79. The fourth-order valence-corrected chi connectivity index (χ4v) is 5.25. The van der Waals surface area contributed by atoms with Crippen LogP contribution in [-0.2, 0) is 11.2 Å². The molecule has 3 rings (SSSR count). The molecule has 0 saturated carbocycles. The highest BCUT2D eigenvalue weighted by atomic mass is 32.2. The second kappa shape index (κ2) is 12.4. The van der Waals surface area contributed by atoms with Crippen LogP contribution in [0.3, 0.4) is 0 Å². The topological polar surface area (TPSA) is 69.7 Å². The maximum Gasteiger partial charge on any atom is 0.228 e. The van der Waals surface area contributed by atoms with Crippen molar-refractivity contribution in [3.8, 4) is 29.1 Å². The molecule has 0 fully saturated rings. The van der Waals surface area contributed by atoms with Gasteiger partial charge in [-0.25, -0.2) is 4.98 Å². The Labute approximate surface area is 203 Å². The molecule has 2 aromatic carbocycles. The molecule has 6 nitrogen and oxygen atoms in total. The number of ether oxygens (including phenoxy) is 3. The molecule has 0 aliphatic rings. The lowest BCUT2D eigenvalue weighted by Crippen LogP contribution is -2.15. The molecule has 0 aliphatic heterocycles. The number of aromatic nitrogens is 1. The third kappa shape index (κ3) is 6.56. The number of thiazole rings is 1. The van der Waals surface area contributed by atoms with Crippen LogP contribution in [0.2, 0.25) is 0 Å². The Morgan fingerprint density at radius 1 is 1.06 bits per heavy atom. The zero-order valence-electron chi connectivity index (χ0n) is 19.3. The number of thioether (sulfide) groups is 1. The molecule has 174 valence electrons. The fourth-order valence-electron chi connectivity index (χ4n) is 3.21. The molecule has 0 atom stereocenters. The largest absolute Gasteiger partial charge is 0.493 e. The van der Waals surface area contributed by atoms with E-state index in [1.54, 1.807) is 50.5 Å². The number of amides is 1. The molecule has 3 aromatic rings. The molecule has 1 aromatic heterocycles. The molecule has 8 heteroatoms. The summed E-state index contributed by atoms with van der Waals surface area (Å²) in [6, 6.07) is 9.34. The molecule has 0 spiro atoms. The van der Waals surface area contributed by atoms with Gasteiger partial charge < -0.3 is 19.5 Å². The number of fused-ring (bicyclic) bond motifs is 1. The first kappa shape index (κ1) is 24.7. The highest BCUT2D eigenvalue weighted by Crippen LogP contribution is 2.40. The first-order valence-electron chi connectivity index (χ1n) is 10.7. The smallest absolute Gasteiger partial charge is 0.228 e. The van der Waals surface area contributed by atoms with Crippen molar-refractivity contribution >= 4 is 44.9 Å². The molecule has 1 amide bonds.